The third-order valence-corrected chi connectivity index (χ3v) is 5.33. The predicted molar refractivity (Wildman–Crippen MR) is 106 cm³/mol. The molecular formula is C21H17N3O2S. The molecule has 134 valence electrons. The van der Waals surface area contributed by atoms with E-state index in [9.17, 15) is 9.59 Å². The molecule has 5 nitrogen and oxygen atoms in total. The van der Waals surface area contributed by atoms with Gasteiger partial charge < -0.3 is 5.32 Å². The number of amides is 2. The van der Waals surface area contributed by atoms with Crippen molar-refractivity contribution >= 4 is 35.0 Å². The number of fused-ring (bicyclic) bond motifs is 2. The van der Waals surface area contributed by atoms with Gasteiger partial charge in [-0.05, 0) is 43.3 Å². The van der Waals surface area contributed by atoms with Gasteiger partial charge in [0, 0.05) is 16.8 Å². The van der Waals surface area contributed by atoms with E-state index < -0.39 is 0 Å². The molecule has 0 saturated heterocycles. The summed E-state index contributed by atoms with van der Waals surface area (Å²) in [6, 6.07) is 18.5. The van der Waals surface area contributed by atoms with Gasteiger partial charge >= 0.3 is 0 Å². The van der Waals surface area contributed by atoms with E-state index in [1.54, 1.807) is 18.3 Å². The summed E-state index contributed by atoms with van der Waals surface area (Å²) in [4.78, 5) is 32.5. The van der Waals surface area contributed by atoms with E-state index in [0.717, 1.165) is 10.5 Å². The van der Waals surface area contributed by atoms with Crippen LogP contribution in [0, 0.1) is 6.92 Å². The molecule has 6 heteroatoms. The average Bonchev–Trinajstić information content (AvgIpc) is 2.79. The second-order valence-corrected chi connectivity index (χ2v) is 7.26. The van der Waals surface area contributed by atoms with Gasteiger partial charge in [-0.2, -0.15) is 0 Å². The maximum atomic E-state index is 13.1. The third kappa shape index (κ3) is 3.57. The molecule has 0 aliphatic carbocycles. The Morgan fingerprint density at radius 3 is 2.67 bits per heavy atom. The summed E-state index contributed by atoms with van der Waals surface area (Å²) in [5.41, 5.74) is 3.03. The maximum Gasteiger partial charge on any atom is 0.259 e. The highest BCUT2D eigenvalue weighted by molar-refractivity contribution is 7.99. The molecule has 0 radical (unpaired) electrons. The summed E-state index contributed by atoms with van der Waals surface area (Å²) in [6.07, 6.45) is 1.69. The number of benzene rings is 2. The van der Waals surface area contributed by atoms with Crippen molar-refractivity contribution < 1.29 is 9.59 Å². The second kappa shape index (κ2) is 7.25. The maximum absolute atomic E-state index is 13.1. The summed E-state index contributed by atoms with van der Waals surface area (Å²) >= 11 is 1.44. The van der Waals surface area contributed by atoms with E-state index in [-0.39, 0.29) is 18.4 Å². The van der Waals surface area contributed by atoms with Crippen LogP contribution in [0.2, 0.25) is 0 Å². The highest BCUT2D eigenvalue weighted by Crippen LogP contribution is 2.39. The predicted octanol–water partition coefficient (Wildman–Crippen LogP) is 4.14. The van der Waals surface area contributed by atoms with Gasteiger partial charge in [-0.3, -0.25) is 14.5 Å². The van der Waals surface area contributed by atoms with Gasteiger partial charge in [0.2, 0.25) is 5.91 Å². The van der Waals surface area contributed by atoms with Crippen molar-refractivity contribution in [3.8, 4) is 0 Å². The number of hydrogen-bond acceptors (Lipinski definition) is 4. The quantitative estimate of drug-likeness (QED) is 0.747. The van der Waals surface area contributed by atoms with E-state index in [1.165, 1.54) is 16.7 Å². The summed E-state index contributed by atoms with van der Waals surface area (Å²) in [6.45, 7) is 1.90. The molecule has 1 aliphatic heterocycles. The van der Waals surface area contributed by atoms with E-state index in [0.29, 0.717) is 22.0 Å². The number of nitrogens with zero attached hydrogens (tertiary/aromatic N) is 2. The summed E-state index contributed by atoms with van der Waals surface area (Å²) in [7, 11) is 0. The highest BCUT2D eigenvalue weighted by Gasteiger charge is 2.29. The van der Waals surface area contributed by atoms with Crippen LogP contribution in [0.5, 0.6) is 0 Å². The standard InChI is InChI=1S/C21H17N3O2S/c1-14-8-10-15(11-9-14)23-19(25)13-24-17-6-4-12-22-20(17)27-18-7-3-2-5-16(18)21(24)26/h2-12H,13H2,1H3,(H,23,25). The Balaban J connectivity index is 1.65. The molecular weight excluding hydrogens is 358 g/mol. The molecule has 3 aromatic rings. The number of rotatable bonds is 3. The fourth-order valence-electron chi connectivity index (χ4n) is 2.90. The van der Waals surface area contributed by atoms with Crippen molar-refractivity contribution in [2.45, 2.75) is 16.8 Å². The van der Waals surface area contributed by atoms with Crippen molar-refractivity contribution in [3.05, 3.63) is 78.0 Å². The second-order valence-electron chi connectivity index (χ2n) is 6.23. The molecule has 2 amide bonds. The molecule has 2 heterocycles. The van der Waals surface area contributed by atoms with Crippen molar-refractivity contribution in [2.24, 2.45) is 0 Å². The third-order valence-electron chi connectivity index (χ3n) is 4.25. The Kier molecular flexibility index (Phi) is 4.64. The van der Waals surface area contributed by atoms with E-state index in [1.807, 2.05) is 55.5 Å². The lowest BCUT2D eigenvalue weighted by Crippen LogP contribution is -2.38. The van der Waals surface area contributed by atoms with Gasteiger partial charge in [-0.15, -0.1) is 0 Å². The topological polar surface area (TPSA) is 62.3 Å². The van der Waals surface area contributed by atoms with Crippen molar-refractivity contribution in [1.82, 2.24) is 4.98 Å². The lowest BCUT2D eigenvalue weighted by molar-refractivity contribution is -0.114. The number of hydrogen-bond donors (Lipinski definition) is 1. The van der Waals surface area contributed by atoms with Crippen molar-refractivity contribution in [1.29, 1.82) is 0 Å². The number of carbonyl (C=O) groups is 2. The van der Waals surface area contributed by atoms with E-state index in [4.69, 9.17) is 0 Å². The molecule has 2 aromatic carbocycles. The van der Waals surface area contributed by atoms with E-state index >= 15 is 0 Å². The first-order valence-corrected chi connectivity index (χ1v) is 9.34. The van der Waals surface area contributed by atoms with Crippen molar-refractivity contribution in [3.63, 3.8) is 0 Å². The molecule has 4 rings (SSSR count). The zero-order valence-corrected chi connectivity index (χ0v) is 15.5. The highest BCUT2D eigenvalue weighted by atomic mass is 32.2. The number of pyridine rings is 1. The number of nitrogens with one attached hydrogen (secondary N) is 1. The molecule has 1 aliphatic rings. The number of anilines is 2. The van der Waals surface area contributed by atoms with E-state index in [2.05, 4.69) is 10.3 Å². The van der Waals surface area contributed by atoms with Gasteiger partial charge in [0.15, 0.2) is 0 Å². The normalized spacial score (nSPS) is 12.8. The Morgan fingerprint density at radius 2 is 1.85 bits per heavy atom. The fraction of sp³-hybridized carbons (Fsp3) is 0.0952. The zero-order valence-electron chi connectivity index (χ0n) is 14.7. The van der Waals surface area contributed by atoms with Crippen LogP contribution in [-0.2, 0) is 4.79 Å². The molecule has 0 spiro atoms. The van der Waals surface area contributed by atoms with Crippen LogP contribution in [0.4, 0.5) is 11.4 Å². The van der Waals surface area contributed by atoms with Crippen LogP contribution < -0.4 is 10.2 Å². The Morgan fingerprint density at radius 1 is 1.07 bits per heavy atom. The summed E-state index contributed by atoms with van der Waals surface area (Å²) in [5.74, 6) is -0.463. The molecule has 1 N–H and O–H groups in total. The average molecular weight is 375 g/mol. The fourth-order valence-corrected chi connectivity index (χ4v) is 3.91. The van der Waals surface area contributed by atoms with Gasteiger partial charge in [0.05, 0.1) is 11.3 Å². The molecule has 0 bridgehead atoms. The van der Waals surface area contributed by atoms with Crippen LogP contribution in [0.25, 0.3) is 0 Å². The van der Waals surface area contributed by atoms with Gasteiger partial charge in [0.1, 0.15) is 11.6 Å². The first-order chi connectivity index (χ1) is 13.1. The van der Waals surface area contributed by atoms with Crippen LogP contribution in [0.3, 0.4) is 0 Å². The van der Waals surface area contributed by atoms with Crippen molar-refractivity contribution in [2.75, 3.05) is 16.8 Å². The zero-order chi connectivity index (χ0) is 18.8. The molecule has 0 saturated carbocycles. The van der Waals surface area contributed by atoms with Crippen LogP contribution >= 0.6 is 11.8 Å². The lowest BCUT2D eigenvalue weighted by atomic mass is 10.2. The summed E-state index contributed by atoms with van der Waals surface area (Å²) in [5, 5.41) is 3.56. The number of aryl methyl sites for hydroxylation is 1. The summed E-state index contributed by atoms with van der Waals surface area (Å²) < 4.78 is 0. The molecule has 0 atom stereocenters. The van der Waals surface area contributed by atoms with Gasteiger partial charge in [-0.1, -0.05) is 41.6 Å². The number of carbonyl (C=O) groups excluding carboxylic acids is 2. The molecule has 1 aromatic heterocycles. The SMILES string of the molecule is Cc1ccc(NC(=O)CN2C(=O)c3ccccc3Sc3ncccc32)cc1. The van der Waals surface area contributed by atoms with Crippen LogP contribution in [-0.4, -0.2) is 23.3 Å². The minimum atomic E-state index is -0.258. The van der Waals surface area contributed by atoms with Gasteiger partial charge in [-0.25, -0.2) is 4.98 Å². The monoisotopic (exact) mass is 375 g/mol. The van der Waals surface area contributed by atoms with Crippen LogP contribution in [0.15, 0.2) is 76.8 Å². The Hall–Kier alpha value is -3.12. The minimum Gasteiger partial charge on any atom is -0.325 e. The molecule has 27 heavy (non-hydrogen) atoms. The lowest BCUT2D eigenvalue weighted by Gasteiger charge is -2.22. The number of aromatic nitrogens is 1. The Bertz CT molecular complexity index is 1020. The first-order valence-electron chi connectivity index (χ1n) is 8.52. The molecule has 0 unspecified atom stereocenters. The van der Waals surface area contributed by atoms with Gasteiger partial charge in [0.25, 0.3) is 5.91 Å². The minimum absolute atomic E-state index is 0.0830. The first kappa shape index (κ1) is 17.3. The Labute approximate surface area is 161 Å². The smallest absolute Gasteiger partial charge is 0.259 e. The molecule has 0 fully saturated rings. The van der Waals surface area contributed by atoms with Crippen LogP contribution in [0.1, 0.15) is 15.9 Å². The largest absolute Gasteiger partial charge is 0.325 e.